The molecule has 1 heterocycles. The number of carbonyl (C=O) groups excluding carboxylic acids is 3. The third-order valence-corrected chi connectivity index (χ3v) is 8.19. The van der Waals surface area contributed by atoms with Crippen LogP contribution in [0.5, 0.6) is 5.75 Å². The van der Waals surface area contributed by atoms with E-state index in [0.717, 1.165) is 18.4 Å². The van der Waals surface area contributed by atoms with Crippen molar-refractivity contribution in [1.82, 2.24) is 16.0 Å². The quantitative estimate of drug-likeness (QED) is 0.231. The molecule has 0 radical (unpaired) electrons. The number of hydrogen-bond acceptors (Lipinski definition) is 9. The van der Waals surface area contributed by atoms with Crippen LogP contribution in [0.1, 0.15) is 64.4 Å². The number of aromatic hydroxyl groups is 1. The van der Waals surface area contributed by atoms with Crippen LogP contribution in [0, 0.1) is 11.8 Å². The molecule has 3 amide bonds. The number of alkyl carbamates (subject to hydrolysis) is 1. The summed E-state index contributed by atoms with van der Waals surface area (Å²) in [5.74, 6) is -1.78. The molecule has 4 atom stereocenters. The zero-order valence-electron chi connectivity index (χ0n) is 22.2. The minimum absolute atomic E-state index is 0.0642. The molecule has 1 aliphatic carbocycles. The van der Waals surface area contributed by atoms with Crippen molar-refractivity contribution in [3.63, 3.8) is 0 Å². The molecule has 1 saturated heterocycles. The van der Waals surface area contributed by atoms with E-state index >= 15 is 0 Å². The van der Waals surface area contributed by atoms with Gasteiger partial charge in [0.2, 0.25) is 11.8 Å². The van der Waals surface area contributed by atoms with Crippen molar-refractivity contribution < 1.29 is 42.3 Å². The van der Waals surface area contributed by atoms with E-state index in [0.29, 0.717) is 32.2 Å². The number of rotatable bonds is 12. The van der Waals surface area contributed by atoms with Gasteiger partial charge in [0.25, 0.3) is 0 Å². The van der Waals surface area contributed by atoms with Crippen LogP contribution in [0.2, 0.25) is 0 Å². The number of phenolic OH excluding ortho intramolecular Hbond substituents is 1. The van der Waals surface area contributed by atoms with Gasteiger partial charge in [0.15, 0.2) is 5.44 Å². The standard InChI is InChI=1S/C26H39N3O9S/c1-16(2)13-20(23(32)28-21(24(33)39(35,36)37)14-18-9-12-27-22(18)31)29-25(34)38-26(10-3-4-11-26)15-17-5-7-19(30)8-6-17/h5-8,16,18,20-21,24,30,33H,3-4,9-15H2,1-2H3,(H,27,31)(H,28,32)(H,29,34)(H,35,36,37)/p-1/t18-,20-,21-,24?/m0/s1. The Morgan fingerprint density at radius 2 is 1.82 bits per heavy atom. The molecule has 1 saturated carbocycles. The van der Waals surface area contributed by atoms with E-state index in [1.165, 1.54) is 0 Å². The van der Waals surface area contributed by atoms with Gasteiger partial charge in [0, 0.05) is 18.9 Å². The molecule has 1 unspecified atom stereocenters. The van der Waals surface area contributed by atoms with E-state index in [9.17, 15) is 37.6 Å². The largest absolute Gasteiger partial charge is 0.746 e. The van der Waals surface area contributed by atoms with E-state index in [-0.39, 0.29) is 30.4 Å². The summed E-state index contributed by atoms with van der Waals surface area (Å²) in [7, 11) is -5.20. The highest BCUT2D eigenvalue weighted by Gasteiger charge is 2.40. The number of amides is 3. The maximum absolute atomic E-state index is 13.2. The molecule has 1 aromatic rings. The number of phenols is 1. The summed E-state index contributed by atoms with van der Waals surface area (Å²) in [6, 6.07) is 3.94. The first-order valence-corrected chi connectivity index (χ1v) is 14.7. The first kappa shape index (κ1) is 30.6. The third kappa shape index (κ3) is 8.80. The van der Waals surface area contributed by atoms with Crippen molar-refractivity contribution in [1.29, 1.82) is 0 Å². The second-order valence-electron chi connectivity index (χ2n) is 11.0. The SMILES string of the molecule is CC(C)C[C@H](NC(=O)OC1(Cc2ccc(O)cc2)CCCC1)C(=O)N[C@@H](C[C@@H]1CCNC1=O)C(O)S(=O)(=O)[O-]. The van der Waals surface area contributed by atoms with Gasteiger partial charge in [0.05, 0.1) is 6.04 Å². The minimum Gasteiger partial charge on any atom is -0.746 e. The fraction of sp³-hybridized carbons (Fsp3) is 0.654. The number of benzene rings is 1. The van der Waals surface area contributed by atoms with Crippen LogP contribution in [0.15, 0.2) is 24.3 Å². The highest BCUT2D eigenvalue weighted by Crippen LogP contribution is 2.36. The summed E-state index contributed by atoms with van der Waals surface area (Å²) in [5, 5.41) is 27.3. The molecule has 1 aliphatic heterocycles. The predicted molar refractivity (Wildman–Crippen MR) is 139 cm³/mol. The maximum Gasteiger partial charge on any atom is 0.408 e. The van der Waals surface area contributed by atoms with Crippen LogP contribution >= 0.6 is 0 Å². The molecule has 12 nitrogen and oxygen atoms in total. The second-order valence-corrected chi connectivity index (χ2v) is 12.4. The van der Waals surface area contributed by atoms with Crippen LogP contribution < -0.4 is 16.0 Å². The zero-order chi connectivity index (χ0) is 28.8. The lowest BCUT2D eigenvalue weighted by Gasteiger charge is -2.32. The first-order chi connectivity index (χ1) is 18.3. The molecular weight excluding hydrogens is 530 g/mol. The monoisotopic (exact) mass is 568 g/mol. The molecule has 0 aromatic heterocycles. The average Bonchev–Trinajstić information content (AvgIpc) is 3.47. The number of aliphatic hydroxyl groups is 1. The highest BCUT2D eigenvalue weighted by atomic mass is 32.2. The minimum atomic E-state index is -5.20. The Hall–Kier alpha value is -2.90. The Morgan fingerprint density at radius 3 is 2.36 bits per heavy atom. The van der Waals surface area contributed by atoms with Gasteiger partial charge in [-0.3, -0.25) is 9.59 Å². The van der Waals surface area contributed by atoms with Crippen molar-refractivity contribution in [3.8, 4) is 5.75 Å². The van der Waals surface area contributed by atoms with Gasteiger partial charge in [-0.15, -0.1) is 0 Å². The average molecular weight is 569 g/mol. The molecule has 0 bridgehead atoms. The summed E-state index contributed by atoms with van der Waals surface area (Å²) in [6.45, 7) is 4.02. The molecule has 1 aromatic carbocycles. The summed E-state index contributed by atoms with van der Waals surface area (Å²) in [4.78, 5) is 38.3. The summed E-state index contributed by atoms with van der Waals surface area (Å²) in [6.07, 6.45) is 2.86. The molecule has 13 heteroatoms. The van der Waals surface area contributed by atoms with E-state index in [2.05, 4.69) is 16.0 Å². The zero-order valence-corrected chi connectivity index (χ0v) is 23.0. The fourth-order valence-corrected chi connectivity index (χ4v) is 5.88. The van der Waals surface area contributed by atoms with Gasteiger partial charge in [-0.05, 0) is 68.6 Å². The molecule has 2 aliphatic rings. The number of aliphatic hydroxyl groups excluding tert-OH is 1. The predicted octanol–water partition coefficient (Wildman–Crippen LogP) is 1.26. The summed E-state index contributed by atoms with van der Waals surface area (Å²) >= 11 is 0. The van der Waals surface area contributed by atoms with Crippen LogP contribution in [-0.4, -0.2) is 70.8 Å². The molecule has 5 N–H and O–H groups in total. The lowest BCUT2D eigenvalue weighted by atomic mass is 9.92. The molecule has 39 heavy (non-hydrogen) atoms. The van der Waals surface area contributed by atoms with Crippen molar-refractivity contribution in [3.05, 3.63) is 29.8 Å². The summed E-state index contributed by atoms with van der Waals surface area (Å²) in [5.41, 5.74) is -2.37. The van der Waals surface area contributed by atoms with Crippen LogP contribution in [0.25, 0.3) is 0 Å². The van der Waals surface area contributed by atoms with Crippen molar-refractivity contribution in [2.24, 2.45) is 11.8 Å². The molecule has 2 fully saturated rings. The lowest BCUT2D eigenvalue weighted by Crippen LogP contribution is -2.55. The van der Waals surface area contributed by atoms with E-state index in [4.69, 9.17) is 4.74 Å². The number of hydrogen-bond donors (Lipinski definition) is 5. The molecular formula is C26H38N3O9S-. The lowest BCUT2D eigenvalue weighted by molar-refractivity contribution is -0.126. The summed E-state index contributed by atoms with van der Waals surface area (Å²) < 4.78 is 40.6. The second kappa shape index (κ2) is 13.0. The molecule has 218 valence electrons. The Morgan fingerprint density at radius 1 is 1.18 bits per heavy atom. The smallest absolute Gasteiger partial charge is 0.408 e. The van der Waals surface area contributed by atoms with E-state index in [1.807, 2.05) is 13.8 Å². The first-order valence-electron chi connectivity index (χ1n) is 13.3. The fourth-order valence-electron chi connectivity index (χ4n) is 5.30. The Kier molecular flexibility index (Phi) is 10.2. The third-order valence-electron chi connectivity index (χ3n) is 7.27. The topological polar surface area (TPSA) is 194 Å². The van der Waals surface area contributed by atoms with Crippen LogP contribution in [0.3, 0.4) is 0 Å². The van der Waals surface area contributed by atoms with Gasteiger partial charge in [-0.25, -0.2) is 13.2 Å². The maximum atomic E-state index is 13.2. The number of nitrogens with one attached hydrogen (secondary N) is 3. The van der Waals surface area contributed by atoms with Gasteiger partial charge in [0.1, 0.15) is 27.5 Å². The Bertz CT molecular complexity index is 1120. The molecule has 3 rings (SSSR count). The van der Waals surface area contributed by atoms with Crippen molar-refractivity contribution in [2.45, 2.75) is 88.3 Å². The number of carbonyl (C=O) groups is 3. The normalized spacial score (nSPS) is 21.2. The van der Waals surface area contributed by atoms with Crippen LogP contribution in [-0.2, 0) is 30.9 Å². The van der Waals surface area contributed by atoms with Gasteiger partial charge < -0.3 is 35.5 Å². The van der Waals surface area contributed by atoms with Crippen LogP contribution in [0.4, 0.5) is 4.79 Å². The Balaban J connectivity index is 1.72. The van der Waals surface area contributed by atoms with Gasteiger partial charge in [-0.2, -0.15) is 0 Å². The molecule has 0 spiro atoms. The van der Waals surface area contributed by atoms with Crippen molar-refractivity contribution >= 4 is 28.0 Å². The highest BCUT2D eigenvalue weighted by molar-refractivity contribution is 7.86. The number of ether oxygens (including phenoxy) is 1. The Labute approximate surface area is 228 Å². The van der Waals surface area contributed by atoms with Gasteiger partial charge >= 0.3 is 6.09 Å². The van der Waals surface area contributed by atoms with E-state index in [1.54, 1.807) is 24.3 Å². The van der Waals surface area contributed by atoms with E-state index < -0.39 is 51.2 Å². The van der Waals surface area contributed by atoms with Crippen molar-refractivity contribution in [2.75, 3.05) is 6.54 Å². The van der Waals surface area contributed by atoms with Gasteiger partial charge in [-0.1, -0.05) is 26.0 Å².